The largest absolute Gasteiger partial charge is 0.497 e. The van der Waals surface area contributed by atoms with Gasteiger partial charge in [0.1, 0.15) is 5.75 Å². The monoisotopic (exact) mass is 373 g/mol. The third-order valence-electron chi connectivity index (χ3n) is 4.00. The minimum atomic E-state index is -0.950. The molecule has 0 aliphatic carbocycles. The summed E-state index contributed by atoms with van der Waals surface area (Å²) in [5.74, 6) is -0.387. The first-order valence-electron chi connectivity index (χ1n) is 8.29. The lowest BCUT2D eigenvalue weighted by Crippen LogP contribution is -2.35. The Morgan fingerprint density at radius 3 is 2.38 bits per heavy atom. The number of hydrogen-bond acceptors (Lipinski definition) is 4. The fourth-order valence-electron chi connectivity index (χ4n) is 2.59. The first-order valence-corrected chi connectivity index (χ1v) is 9.17. The van der Waals surface area contributed by atoms with E-state index in [2.05, 4.69) is 5.32 Å². The smallest absolute Gasteiger partial charge is 0.305 e. The number of benzene rings is 2. The number of methoxy groups -OCH3 is 1. The molecule has 2 N–H and O–H groups in total. The number of carbonyl (C=O) groups is 2. The number of carbonyl (C=O) groups excluding carboxylic acids is 1. The molecule has 0 bridgehead atoms. The summed E-state index contributed by atoms with van der Waals surface area (Å²) in [6.07, 6.45) is -0.156. The molecule has 1 amide bonds. The van der Waals surface area contributed by atoms with Crippen LogP contribution in [0.25, 0.3) is 0 Å². The van der Waals surface area contributed by atoms with Crippen molar-refractivity contribution >= 4 is 23.6 Å². The fourth-order valence-corrected chi connectivity index (χ4v) is 3.47. The maximum absolute atomic E-state index is 12.6. The van der Waals surface area contributed by atoms with E-state index in [1.54, 1.807) is 14.0 Å². The molecule has 0 spiro atoms. The molecule has 138 valence electrons. The molecular weight excluding hydrogens is 350 g/mol. The molecule has 2 aromatic rings. The molecule has 2 aromatic carbocycles. The average molecular weight is 373 g/mol. The topological polar surface area (TPSA) is 75.6 Å². The molecule has 0 saturated carbocycles. The summed E-state index contributed by atoms with van der Waals surface area (Å²) in [5, 5.41) is 11.7. The third-order valence-corrected chi connectivity index (χ3v) is 5.11. The van der Waals surface area contributed by atoms with Crippen LogP contribution in [0.15, 0.2) is 53.4 Å². The molecule has 0 aromatic heterocycles. The van der Waals surface area contributed by atoms with Crippen LogP contribution < -0.4 is 10.1 Å². The molecule has 5 nitrogen and oxygen atoms in total. The van der Waals surface area contributed by atoms with Crippen molar-refractivity contribution in [3.63, 3.8) is 0 Å². The van der Waals surface area contributed by atoms with Gasteiger partial charge in [0.15, 0.2) is 0 Å². The first kappa shape index (κ1) is 19.8. The van der Waals surface area contributed by atoms with Crippen molar-refractivity contribution in [3.8, 4) is 5.75 Å². The van der Waals surface area contributed by atoms with Crippen LogP contribution in [0.3, 0.4) is 0 Å². The number of aliphatic carboxylic acids is 1. The predicted octanol–water partition coefficient (Wildman–Crippen LogP) is 3.82. The Bertz CT molecular complexity index is 761. The minimum absolute atomic E-state index is 0.156. The van der Waals surface area contributed by atoms with Crippen molar-refractivity contribution < 1.29 is 19.4 Å². The number of thioether (sulfide) groups is 1. The summed E-state index contributed by atoms with van der Waals surface area (Å²) in [6, 6.07) is 14.4. The van der Waals surface area contributed by atoms with Gasteiger partial charge in [-0.25, -0.2) is 0 Å². The number of hydrogen-bond donors (Lipinski definition) is 2. The molecule has 26 heavy (non-hydrogen) atoms. The molecule has 2 rings (SSSR count). The third kappa shape index (κ3) is 5.52. The Labute approximate surface area is 157 Å². The highest BCUT2D eigenvalue weighted by atomic mass is 32.2. The van der Waals surface area contributed by atoms with Gasteiger partial charge in [-0.2, -0.15) is 0 Å². The minimum Gasteiger partial charge on any atom is -0.497 e. The quantitative estimate of drug-likeness (QED) is 0.688. The van der Waals surface area contributed by atoms with Crippen LogP contribution in [-0.4, -0.2) is 29.3 Å². The highest BCUT2D eigenvalue weighted by Crippen LogP contribution is 2.27. The van der Waals surface area contributed by atoms with Crippen LogP contribution >= 0.6 is 11.8 Å². The van der Waals surface area contributed by atoms with Crippen LogP contribution in [-0.2, 0) is 9.59 Å². The molecule has 6 heteroatoms. The van der Waals surface area contributed by atoms with Crippen molar-refractivity contribution in [3.05, 3.63) is 59.7 Å². The molecule has 0 radical (unpaired) electrons. The molecular formula is C20H23NO4S. The van der Waals surface area contributed by atoms with Crippen LogP contribution in [0.4, 0.5) is 0 Å². The summed E-state index contributed by atoms with van der Waals surface area (Å²) in [4.78, 5) is 24.8. The maximum Gasteiger partial charge on any atom is 0.305 e. The summed E-state index contributed by atoms with van der Waals surface area (Å²) in [5.41, 5.74) is 1.78. The van der Waals surface area contributed by atoms with Gasteiger partial charge in [0.25, 0.3) is 0 Å². The van der Waals surface area contributed by atoms with Crippen molar-refractivity contribution in [1.82, 2.24) is 5.32 Å². The first-order chi connectivity index (χ1) is 12.4. The van der Waals surface area contributed by atoms with E-state index in [-0.39, 0.29) is 17.6 Å². The summed E-state index contributed by atoms with van der Waals surface area (Å²) >= 11 is 1.42. The number of amides is 1. The molecule has 0 aliphatic rings. The predicted molar refractivity (Wildman–Crippen MR) is 103 cm³/mol. The number of carboxylic acid groups (broad SMARTS) is 1. The van der Waals surface area contributed by atoms with Gasteiger partial charge < -0.3 is 15.2 Å². The number of rotatable bonds is 8. The van der Waals surface area contributed by atoms with E-state index < -0.39 is 12.0 Å². The Hall–Kier alpha value is -2.47. The van der Waals surface area contributed by atoms with Gasteiger partial charge in [0.2, 0.25) is 5.91 Å². The van der Waals surface area contributed by atoms with Gasteiger partial charge in [-0.05, 0) is 49.2 Å². The second-order valence-electron chi connectivity index (χ2n) is 5.95. The average Bonchev–Trinajstić information content (AvgIpc) is 2.61. The van der Waals surface area contributed by atoms with Gasteiger partial charge in [0, 0.05) is 4.90 Å². The zero-order valence-corrected chi connectivity index (χ0v) is 15.9. The van der Waals surface area contributed by atoms with Crippen LogP contribution in [0.5, 0.6) is 5.75 Å². The molecule has 0 saturated heterocycles. The van der Waals surface area contributed by atoms with E-state index in [4.69, 9.17) is 4.74 Å². The van der Waals surface area contributed by atoms with Gasteiger partial charge >= 0.3 is 5.97 Å². The zero-order chi connectivity index (χ0) is 19.1. The van der Waals surface area contributed by atoms with Gasteiger partial charge in [-0.15, -0.1) is 11.8 Å². The Morgan fingerprint density at radius 2 is 1.81 bits per heavy atom. The van der Waals surface area contributed by atoms with Crippen molar-refractivity contribution in [2.45, 2.75) is 36.5 Å². The van der Waals surface area contributed by atoms with Crippen molar-refractivity contribution in [1.29, 1.82) is 0 Å². The Kier molecular flexibility index (Phi) is 7.09. The number of aryl methyl sites for hydroxylation is 1. The number of carboxylic acids is 1. The summed E-state index contributed by atoms with van der Waals surface area (Å²) < 4.78 is 5.13. The van der Waals surface area contributed by atoms with Crippen LogP contribution in [0.1, 0.15) is 30.5 Å². The van der Waals surface area contributed by atoms with E-state index in [9.17, 15) is 14.7 Å². The summed E-state index contributed by atoms with van der Waals surface area (Å²) in [7, 11) is 1.60. The zero-order valence-electron chi connectivity index (χ0n) is 15.1. The second-order valence-corrected chi connectivity index (χ2v) is 7.37. The molecule has 0 aliphatic heterocycles. The van der Waals surface area contributed by atoms with E-state index in [1.807, 2.05) is 55.5 Å². The van der Waals surface area contributed by atoms with Gasteiger partial charge in [-0.1, -0.05) is 24.3 Å². The maximum atomic E-state index is 12.6. The lowest BCUT2D eigenvalue weighted by molar-refractivity contribution is -0.137. The van der Waals surface area contributed by atoms with Crippen LogP contribution in [0, 0.1) is 6.92 Å². The molecule has 2 atom stereocenters. The van der Waals surface area contributed by atoms with Crippen molar-refractivity contribution in [2.75, 3.05) is 7.11 Å². The van der Waals surface area contributed by atoms with E-state index in [0.29, 0.717) is 0 Å². The Morgan fingerprint density at radius 1 is 1.15 bits per heavy atom. The number of ether oxygens (including phenoxy) is 1. The standard InChI is InChI=1S/C20H23NO4S/c1-13-6-4-5-7-17(13)18(12-19(22)23)21-20(24)14(2)26-16-10-8-15(25-3)9-11-16/h4-11,14,18H,12H2,1-3H3,(H,21,24)(H,22,23). The highest BCUT2D eigenvalue weighted by molar-refractivity contribution is 8.00. The molecule has 2 unspecified atom stereocenters. The summed E-state index contributed by atoms with van der Waals surface area (Å²) in [6.45, 7) is 3.71. The number of nitrogens with one attached hydrogen (secondary N) is 1. The second kappa shape index (κ2) is 9.29. The lowest BCUT2D eigenvalue weighted by atomic mass is 9.98. The SMILES string of the molecule is COc1ccc(SC(C)C(=O)NC(CC(=O)O)c2ccccc2C)cc1. The van der Waals surface area contributed by atoms with Crippen LogP contribution in [0.2, 0.25) is 0 Å². The van der Waals surface area contributed by atoms with Gasteiger partial charge in [-0.3, -0.25) is 9.59 Å². The Balaban J connectivity index is 2.07. The fraction of sp³-hybridized carbons (Fsp3) is 0.300. The van der Waals surface area contributed by atoms with Crippen molar-refractivity contribution in [2.24, 2.45) is 0 Å². The van der Waals surface area contributed by atoms with E-state index in [0.717, 1.165) is 21.8 Å². The lowest BCUT2D eigenvalue weighted by Gasteiger charge is -2.21. The van der Waals surface area contributed by atoms with E-state index >= 15 is 0 Å². The van der Waals surface area contributed by atoms with Gasteiger partial charge in [0.05, 0.1) is 24.8 Å². The highest BCUT2D eigenvalue weighted by Gasteiger charge is 2.23. The molecule has 0 fully saturated rings. The van der Waals surface area contributed by atoms with E-state index in [1.165, 1.54) is 11.8 Å². The normalized spacial score (nSPS) is 12.9. The molecule has 0 heterocycles.